The second kappa shape index (κ2) is 10.3. The van der Waals surface area contributed by atoms with E-state index in [0.717, 1.165) is 12.8 Å². The second-order valence-electron chi connectivity index (χ2n) is 5.88. The Morgan fingerprint density at radius 1 is 0.833 bits per heavy atom. The smallest absolute Gasteiger partial charge is 0.155 e. The van der Waals surface area contributed by atoms with E-state index in [9.17, 15) is 4.79 Å². The third-order valence-electron chi connectivity index (χ3n) is 3.94. The number of carbonyl (C=O) groups excluding carboxylic acids is 1. The zero-order chi connectivity index (χ0) is 13.1. The molecule has 18 heavy (non-hydrogen) atoms. The lowest BCUT2D eigenvalue weighted by atomic mass is 9.99. The van der Waals surface area contributed by atoms with Crippen molar-refractivity contribution in [1.29, 1.82) is 0 Å². The van der Waals surface area contributed by atoms with E-state index in [1.807, 2.05) is 6.08 Å². The summed E-state index contributed by atoms with van der Waals surface area (Å²) in [5.74, 6) is 0.899. The summed E-state index contributed by atoms with van der Waals surface area (Å²) < 4.78 is 0. The number of hydrogen-bond donors (Lipinski definition) is 0. The van der Waals surface area contributed by atoms with E-state index >= 15 is 0 Å². The van der Waals surface area contributed by atoms with Gasteiger partial charge in [-0.3, -0.25) is 4.79 Å². The van der Waals surface area contributed by atoms with Crippen LogP contribution in [0.1, 0.15) is 84.0 Å². The SMILES string of the molecule is CC1/C=C\C(=O)CCCCCCCCCCCC1. The van der Waals surface area contributed by atoms with Crippen molar-refractivity contribution in [2.24, 2.45) is 5.92 Å². The molecule has 1 rings (SSSR count). The maximum absolute atomic E-state index is 11.6. The molecule has 0 heterocycles. The first-order valence-corrected chi connectivity index (χ1v) is 8.00. The molecule has 0 N–H and O–H groups in total. The second-order valence-corrected chi connectivity index (χ2v) is 5.88. The van der Waals surface area contributed by atoms with Crippen molar-refractivity contribution >= 4 is 5.78 Å². The minimum absolute atomic E-state index is 0.328. The zero-order valence-electron chi connectivity index (χ0n) is 12.1. The quantitative estimate of drug-likeness (QED) is 0.559. The minimum atomic E-state index is 0.328. The van der Waals surface area contributed by atoms with Crippen molar-refractivity contribution in [3.63, 3.8) is 0 Å². The van der Waals surface area contributed by atoms with E-state index in [2.05, 4.69) is 13.0 Å². The van der Waals surface area contributed by atoms with Crippen LogP contribution >= 0.6 is 0 Å². The molecule has 1 aliphatic carbocycles. The Hall–Kier alpha value is -0.590. The predicted molar refractivity (Wildman–Crippen MR) is 78.7 cm³/mol. The molecular formula is C17H30O. The fraction of sp³-hybridized carbons (Fsp3) is 0.824. The summed E-state index contributed by atoms with van der Waals surface area (Å²) in [7, 11) is 0. The normalized spacial score (nSPS) is 27.8. The molecule has 0 saturated heterocycles. The summed E-state index contributed by atoms with van der Waals surface area (Å²) in [6, 6.07) is 0. The Bertz CT molecular complexity index is 242. The lowest BCUT2D eigenvalue weighted by Gasteiger charge is -2.07. The van der Waals surface area contributed by atoms with Crippen LogP contribution in [0.25, 0.3) is 0 Å². The summed E-state index contributed by atoms with van der Waals surface area (Å²) in [5.41, 5.74) is 0. The molecule has 0 spiro atoms. The third-order valence-corrected chi connectivity index (χ3v) is 3.94. The van der Waals surface area contributed by atoms with Crippen LogP contribution in [0.2, 0.25) is 0 Å². The molecule has 1 atom stereocenters. The molecule has 0 radical (unpaired) electrons. The van der Waals surface area contributed by atoms with Crippen LogP contribution in [-0.4, -0.2) is 5.78 Å². The molecule has 1 heteroatoms. The van der Waals surface area contributed by atoms with Gasteiger partial charge in [0.25, 0.3) is 0 Å². The first-order chi connectivity index (χ1) is 8.79. The molecule has 1 aliphatic rings. The largest absolute Gasteiger partial charge is 0.295 e. The standard InChI is InChI=1S/C17H30O/c1-16-12-10-8-6-4-2-3-5-7-9-11-13-17(18)15-14-16/h14-16H,2-13H2,1H3/b15-14-. The van der Waals surface area contributed by atoms with Crippen molar-refractivity contribution in [2.45, 2.75) is 84.0 Å². The molecule has 1 nitrogen and oxygen atoms in total. The van der Waals surface area contributed by atoms with E-state index in [4.69, 9.17) is 0 Å². The molecule has 0 fully saturated rings. The fourth-order valence-electron chi connectivity index (χ4n) is 2.63. The minimum Gasteiger partial charge on any atom is -0.295 e. The summed E-state index contributed by atoms with van der Waals surface area (Å²) in [5, 5.41) is 0. The maximum Gasteiger partial charge on any atom is 0.155 e. The van der Waals surface area contributed by atoms with Crippen molar-refractivity contribution in [2.75, 3.05) is 0 Å². The van der Waals surface area contributed by atoms with Gasteiger partial charge in [0, 0.05) is 6.42 Å². The van der Waals surface area contributed by atoms with Crippen LogP contribution in [0.15, 0.2) is 12.2 Å². The van der Waals surface area contributed by atoms with Gasteiger partial charge in [0.15, 0.2) is 5.78 Å². The first-order valence-electron chi connectivity index (χ1n) is 8.00. The zero-order valence-corrected chi connectivity index (χ0v) is 12.1. The molecular weight excluding hydrogens is 220 g/mol. The van der Waals surface area contributed by atoms with Crippen molar-refractivity contribution in [3.05, 3.63) is 12.2 Å². The number of rotatable bonds is 0. The van der Waals surface area contributed by atoms with Crippen LogP contribution in [-0.2, 0) is 4.79 Å². The van der Waals surface area contributed by atoms with Gasteiger partial charge in [-0.25, -0.2) is 0 Å². The average molecular weight is 250 g/mol. The molecule has 0 aliphatic heterocycles. The van der Waals surface area contributed by atoms with Gasteiger partial charge >= 0.3 is 0 Å². The molecule has 0 aromatic carbocycles. The van der Waals surface area contributed by atoms with Gasteiger partial charge < -0.3 is 0 Å². The molecule has 0 saturated carbocycles. The average Bonchev–Trinajstić information content (AvgIpc) is 2.36. The van der Waals surface area contributed by atoms with Crippen LogP contribution in [0.3, 0.4) is 0 Å². The lowest BCUT2D eigenvalue weighted by molar-refractivity contribution is -0.114. The molecule has 0 bridgehead atoms. The highest BCUT2D eigenvalue weighted by molar-refractivity contribution is 5.89. The van der Waals surface area contributed by atoms with Gasteiger partial charge in [-0.05, 0) is 24.8 Å². The van der Waals surface area contributed by atoms with E-state index in [1.54, 1.807) is 0 Å². The Morgan fingerprint density at radius 2 is 1.33 bits per heavy atom. The summed E-state index contributed by atoms with van der Waals surface area (Å²) in [6.45, 7) is 2.23. The summed E-state index contributed by atoms with van der Waals surface area (Å²) in [6.07, 6.45) is 19.2. The first kappa shape index (κ1) is 15.5. The monoisotopic (exact) mass is 250 g/mol. The number of ketones is 1. The molecule has 1 unspecified atom stereocenters. The highest BCUT2D eigenvalue weighted by Gasteiger charge is 2.01. The highest BCUT2D eigenvalue weighted by Crippen LogP contribution is 2.15. The number of allylic oxidation sites excluding steroid dienone is 2. The van der Waals surface area contributed by atoms with Crippen LogP contribution in [0.4, 0.5) is 0 Å². The van der Waals surface area contributed by atoms with Crippen LogP contribution in [0, 0.1) is 5.92 Å². The third kappa shape index (κ3) is 8.49. The molecule has 0 aromatic heterocycles. The van der Waals surface area contributed by atoms with Gasteiger partial charge in [0.05, 0.1) is 0 Å². The number of carbonyl (C=O) groups is 1. The molecule has 0 amide bonds. The Kier molecular flexibility index (Phi) is 8.89. The highest BCUT2D eigenvalue weighted by atomic mass is 16.1. The molecule has 0 aromatic rings. The van der Waals surface area contributed by atoms with Crippen molar-refractivity contribution in [1.82, 2.24) is 0 Å². The van der Waals surface area contributed by atoms with Crippen molar-refractivity contribution < 1.29 is 4.79 Å². The lowest BCUT2D eigenvalue weighted by Crippen LogP contribution is -1.96. The van der Waals surface area contributed by atoms with E-state index in [0.29, 0.717) is 11.7 Å². The molecule has 104 valence electrons. The van der Waals surface area contributed by atoms with Gasteiger partial charge in [-0.15, -0.1) is 0 Å². The Morgan fingerprint density at radius 3 is 1.94 bits per heavy atom. The van der Waals surface area contributed by atoms with Crippen LogP contribution in [0.5, 0.6) is 0 Å². The van der Waals surface area contributed by atoms with E-state index < -0.39 is 0 Å². The fourth-order valence-corrected chi connectivity index (χ4v) is 2.63. The van der Waals surface area contributed by atoms with Gasteiger partial charge in [0.2, 0.25) is 0 Å². The summed E-state index contributed by atoms with van der Waals surface area (Å²) in [4.78, 5) is 11.6. The summed E-state index contributed by atoms with van der Waals surface area (Å²) >= 11 is 0. The van der Waals surface area contributed by atoms with Gasteiger partial charge in [-0.1, -0.05) is 70.8 Å². The van der Waals surface area contributed by atoms with Crippen molar-refractivity contribution in [3.8, 4) is 0 Å². The van der Waals surface area contributed by atoms with E-state index in [1.165, 1.54) is 64.2 Å². The predicted octanol–water partition coefficient (Wildman–Crippen LogP) is 5.44. The number of hydrogen-bond acceptors (Lipinski definition) is 1. The van der Waals surface area contributed by atoms with Gasteiger partial charge in [0.1, 0.15) is 0 Å². The Labute approximate surface area is 113 Å². The van der Waals surface area contributed by atoms with Crippen LogP contribution < -0.4 is 0 Å². The maximum atomic E-state index is 11.6. The Balaban J connectivity index is 2.30. The van der Waals surface area contributed by atoms with Gasteiger partial charge in [-0.2, -0.15) is 0 Å². The topological polar surface area (TPSA) is 17.1 Å². The van der Waals surface area contributed by atoms with E-state index in [-0.39, 0.29) is 0 Å².